The van der Waals surface area contributed by atoms with Gasteiger partial charge in [0, 0.05) is 11.8 Å². The second-order valence-corrected chi connectivity index (χ2v) is 6.76. The third-order valence-corrected chi connectivity index (χ3v) is 4.23. The van der Waals surface area contributed by atoms with Gasteiger partial charge in [0.15, 0.2) is 0 Å². The van der Waals surface area contributed by atoms with Crippen LogP contribution in [0.15, 0.2) is 23.1 Å². The lowest BCUT2D eigenvalue weighted by Crippen LogP contribution is -2.47. The molecule has 0 aliphatic carbocycles. The Hall–Kier alpha value is -1.76. The summed E-state index contributed by atoms with van der Waals surface area (Å²) in [6.45, 7) is 5.35. The smallest absolute Gasteiger partial charge is 0.326 e. The first-order chi connectivity index (χ1) is 10.8. The monoisotopic (exact) mass is 340 g/mol. The molecule has 0 aliphatic heterocycles. The molecule has 0 spiro atoms. The number of aromatic nitrogens is 1. The second kappa shape index (κ2) is 8.76. The number of carboxylic acids is 1. The molecule has 0 fully saturated rings. The molecule has 23 heavy (non-hydrogen) atoms. The summed E-state index contributed by atoms with van der Waals surface area (Å²) in [5.74, 6) is -1.02. The predicted molar refractivity (Wildman–Crippen MR) is 91.9 cm³/mol. The van der Waals surface area contributed by atoms with Crippen LogP contribution in [-0.2, 0) is 9.59 Å². The molecule has 0 aliphatic rings. The summed E-state index contributed by atoms with van der Waals surface area (Å²) in [7, 11) is 0. The minimum absolute atomic E-state index is 0.149. The normalized spacial score (nSPS) is 13.6. The maximum absolute atomic E-state index is 12.6. The lowest BCUT2D eigenvalue weighted by atomic mass is 10.0. The van der Waals surface area contributed by atoms with Crippen LogP contribution in [0.5, 0.6) is 0 Å². The standard InChI is InChI=1S/C16H24N2O4S/c1-10(2)13(18-8-5-6-11(3)15(18)20)14(19)17-12(16(21)22)7-9-23-4/h5-6,8,10,12-13H,7,9H2,1-4H3,(H,17,19)(H,21,22). The van der Waals surface area contributed by atoms with Crippen LogP contribution in [0, 0.1) is 12.8 Å². The van der Waals surface area contributed by atoms with E-state index in [2.05, 4.69) is 5.32 Å². The van der Waals surface area contributed by atoms with E-state index in [0.29, 0.717) is 17.7 Å². The summed E-state index contributed by atoms with van der Waals surface area (Å²) in [6.07, 6.45) is 3.79. The maximum Gasteiger partial charge on any atom is 0.326 e. The first-order valence-electron chi connectivity index (χ1n) is 7.49. The van der Waals surface area contributed by atoms with Crippen molar-refractivity contribution >= 4 is 23.6 Å². The Labute approximate surface area is 140 Å². The van der Waals surface area contributed by atoms with Crippen LogP contribution in [-0.4, -0.2) is 39.6 Å². The third kappa shape index (κ3) is 5.13. The van der Waals surface area contributed by atoms with Gasteiger partial charge in [-0.15, -0.1) is 0 Å². The number of hydrogen-bond acceptors (Lipinski definition) is 4. The van der Waals surface area contributed by atoms with Gasteiger partial charge in [0.25, 0.3) is 5.56 Å². The van der Waals surface area contributed by atoms with Gasteiger partial charge in [-0.3, -0.25) is 9.59 Å². The number of carbonyl (C=O) groups is 2. The van der Waals surface area contributed by atoms with E-state index in [9.17, 15) is 19.5 Å². The van der Waals surface area contributed by atoms with E-state index in [1.54, 1.807) is 25.3 Å². The number of carbonyl (C=O) groups excluding carboxylic acids is 1. The molecule has 0 bridgehead atoms. The molecule has 1 aromatic rings. The number of thioether (sulfide) groups is 1. The van der Waals surface area contributed by atoms with E-state index in [0.717, 1.165) is 0 Å². The van der Waals surface area contributed by atoms with Crippen LogP contribution in [0.3, 0.4) is 0 Å². The average molecular weight is 340 g/mol. The van der Waals surface area contributed by atoms with Gasteiger partial charge in [-0.05, 0) is 37.3 Å². The fraction of sp³-hybridized carbons (Fsp3) is 0.562. The van der Waals surface area contributed by atoms with Crippen LogP contribution in [0.4, 0.5) is 0 Å². The van der Waals surface area contributed by atoms with E-state index in [1.807, 2.05) is 20.1 Å². The van der Waals surface area contributed by atoms with Crippen molar-refractivity contribution < 1.29 is 14.7 Å². The molecule has 0 saturated heterocycles. The topological polar surface area (TPSA) is 88.4 Å². The number of nitrogens with one attached hydrogen (secondary N) is 1. The Balaban J connectivity index is 3.05. The minimum atomic E-state index is -1.06. The summed E-state index contributed by atoms with van der Waals surface area (Å²) in [6, 6.07) is 1.71. The Morgan fingerprint density at radius 3 is 2.57 bits per heavy atom. The van der Waals surface area contributed by atoms with Gasteiger partial charge in [0.2, 0.25) is 5.91 Å². The molecule has 2 N–H and O–H groups in total. The van der Waals surface area contributed by atoms with Crippen LogP contribution in [0.2, 0.25) is 0 Å². The van der Waals surface area contributed by atoms with Crippen LogP contribution >= 0.6 is 11.8 Å². The van der Waals surface area contributed by atoms with Gasteiger partial charge in [0.05, 0.1) is 0 Å². The van der Waals surface area contributed by atoms with Crippen molar-refractivity contribution in [2.75, 3.05) is 12.0 Å². The van der Waals surface area contributed by atoms with E-state index in [4.69, 9.17) is 0 Å². The number of aryl methyl sites for hydroxylation is 1. The molecule has 2 unspecified atom stereocenters. The van der Waals surface area contributed by atoms with Crippen molar-refractivity contribution in [3.05, 3.63) is 34.2 Å². The number of amides is 1. The molecular formula is C16H24N2O4S. The highest BCUT2D eigenvalue weighted by Crippen LogP contribution is 2.17. The second-order valence-electron chi connectivity index (χ2n) is 5.77. The van der Waals surface area contributed by atoms with Crippen molar-refractivity contribution in [1.29, 1.82) is 0 Å². The number of pyridine rings is 1. The molecule has 7 heteroatoms. The van der Waals surface area contributed by atoms with Gasteiger partial charge in [-0.25, -0.2) is 4.79 Å². The zero-order valence-corrected chi connectivity index (χ0v) is 14.7. The van der Waals surface area contributed by atoms with Crippen molar-refractivity contribution in [3.63, 3.8) is 0 Å². The molecule has 6 nitrogen and oxygen atoms in total. The third-order valence-electron chi connectivity index (χ3n) is 3.59. The Bertz CT molecular complexity index is 612. The van der Waals surface area contributed by atoms with E-state index >= 15 is 0 Å². The Morgan fingerprint density at radius 1 is 1.39 bits per heavy atom. The molecule has 0 saturated carbocycles. The minimum Gasteiger partial charge on any atom is -0.480 e. The molecular weight excluding hydrogens is 316 g/mol. The molecule has 0 aromatic carbocycles. The fourth-order valence-electron chi connectivity index (χ4n) is 2.34. The summed E-state index contributed by atoms with van der Waals surface area (Å²) in [4.78, 5) is 36.2. The SMILES string of the molecule is CSCCC(NC(=O)C(C(C)C)n1cccc(C)c1=O)C(=O)O. The molecule has 0 radical (unpaired) electrons. The van der Waals surface area contributed by atoms with Gasteiger partial charge in [-0.1, -0.05) is 19.9 Å². The van der Waals surface area contributed by atoms with Gasteiger partial charge in [-0.2, -0.15) is 11.8 Å². The number of carboxylic acid groups (broad SMARTS) is 1. The Kier molecular flexibility index (Phi) is 7.35. The van der Waals surface area contributed by atoms with E-state index in [1.165, 1.54) is 16.3 Å². The van der Waals surface area contributed by atoms with Gasteiger partial charge in [0.1, 0.15) is 12.1 Å². The molecule has 128 valence electrons. The van der Waals surface area contributed by atoms with Crippen molar-refractivity contribution in [3.8, 4) is 0 Å². The van der Waals surface area contributed by atoms with Gasteiger partial charge >= 0.3 is 5.97 Å². The molecule has 1 heterocycles. The molecule has 1 amide bonds. The number of hydrogen-bond donors (Lipinski definition) is 2. The van der Waals surface area contributed by atoms with Crippen molar-refractivity contribution in [2.45, 2.75) is 39.3 Å². The number of aliphatic carboxylic acids is 1. The van der Waals surface area contributed by atoms with Crippen molar-refractivity contribution in [1.82, 2.24) is 9.88 Å². The highest BCUT2D eigenvalue weighted by atomic mass is 32.2. The first-order valence-corrected chi connectivity index (χ1v) is 8.88. The van der Waals surface area contributed by atoms with Crippen LogP contribution < -0.4 is 10.9 Å². The van der Waals surface area contributed by atoms with Crippen LogP contribution in [0.1, 0.15) is 31.9 Å². The quantitative estimate of drug-likeness (QED) is 0.751. The summed E-state index contributed by atoms with van der Waals surface area (Å²) in [5.41, 5.74) is 0.306. The summed E-state index contributed by atoms with van der Waals surface area (Å²) in [5, 5.41) is 11.8. The molecule has 2 atom stereocenters. The van der Waals surface area contributed by atoms with E-state index < -0.39 is 24.0 Å². The summed E-state index contributed by atoms with van der Waals surface area (Å²) >= 11 is 1.52. The maximum atomic E-state index is 12.6. The number of rotatable bonds is 8. The summed E-state index contributed by atoms with van der Waals surface area (Å²) < 4.78 is 1.38. The Morgan fingerprint density at radius 2 is 2.04 bits per heavy atom. The largest absolute Gasteiger partial charge is 0.480 e. The van der Waals surface area contributed by atoms with Crippen LogP contribution in [0.25, 0.3) is 0 Å². The van der Waals surface area contributed by atoms with E-state index in [-0.39, 0.29) is 11.5 Å². The first kappa shape index (κ1) is 19.3. The lowest BCUT2D eigenvalue weighted by Gasteiger charge is -2.25. The predicted octanol–water partition coefficient (Wildman–Crippen LogP) is 1.68. The van der Waals surface area contributed by atoms with Crippen molar-refractivity contribution in [2.24, 2.45) is 5.92 Å². The zero-order chi connectivity index (χ0) is 17.6. The fourth-order valence-corrected chi connectivity index (χ4v) is 2.81. The number of nitrogens with zero attached hydrogens (tertiary/aromatic N) is 1. The zero-order valence-electron chi connectivity index (χ0n) is 13.9. The molecule has 1 aromatic heterocycles. The highest BCUT2D eigenvalue weighted by molar-refractivity contribution is 7.98. The van der Waals surface area contributed by atoms with Gasteiger partial charge < -0.3 is 15.0 Å². The highest BCUT2D eigenvalue weighted by Gasteiger charge is 2.29. The molecule has 1 rings (SSSR count). The average Bonchev–Trinajstić information content (AvgIpc) is 2.47. The lowest BCUT2D eigenvalue weighted by molar-refractivity contribution is -0.142.